The lowest BCUT2D eigenvalue weighted by Crippen LogP contribution is -2.24. The summed E-state index contributed by atoms with van der Waals surface area (Å²) in [5, 5.41) is 9.62. The summed E-state index contributed by atoms with van der Waals surface area (Å²) in [6.07, 6.45) is 4.07. The summed E-state index contributed by atoms with van der Waals surface area (Å²) >= 11 is 0. The van der Waals surface area contributed by atoms with E-state index in [-0.39, 0.29) is 5.92 Å². The third kappa shape index (κ3) is 3.03. The third-order valence-corrected chi connectivity index (χ3v) is 4.46. The van der Waals surface area contributed by atoms with Crippen LogP contribution in [-0.2, 0) is 0 Å². The van der Waals surface area contributed by atoms with E-state index in [1.807, 2.05) is 66.7 Å². The Labute approximate surface area is 154 Å². The molecule has 2 heteroatoms. The normalized spacial score (nSPS) is 14.3. The van der Waals surface area contributed by atoms with Crippen LogP contribution in [0.3, 0.4) is 0 Å². The van der Waals surface area contributed by atoms with Gasteiger partial charge in [0.1, 0.15) is 0 Å². The Morgan fingerprint density at radius 1 is 0.615 bits per heavy atom. The summed E-state index contributed by atoms with van der Waals surface area (Å²) in [5.74, 6) is -0.264. The first-order valence-corrected chi connectivity index (χ1v) is 8.66. The molecule has 0 saturated heterocycles. The van der Waals surface area contributed by atoms with Crippen molar-refractivity contribution < 1.29 is 0 Å². The largest absolute Gasteiger partial charge is 0.310 e. The Balaban J connectivity index is 1.92. The highest BCUT2D eigenvalue weighted by Gasteiger charge is 2.25. The lowest BCUT2D eigenvalue weighted by Gasteiger charge is -2.34. The first-order chi connectivity index (χ1) is 12.9. The molecule has 0 bridgehead atoms. The van der Waals surface area contributed by atoms with Crippen LogP contribution in [0.4, 0.5) is 5.69 Å². The average Bonchev–Trinajstić information content (AvgIpc) is 2.74. The van der Waals surface area contributed by atoms with E-state index in [1.54, 1.807) is 0 Å². The molecule has 0 N–H and O–H groups in total. The lowest BCUT2D eigenvalue weighted by atomic mass is 9.95. The van der Waals surface area contributed by atoms with Crippen LogP contribution in [0.15, 0.2) is 103 Å². The summed E-state index contributed by atoms with van der Waals surface area (Å²) in [4.78, 5) is 2.23. The SMILES string of the molecule is N#CC1C=C(c2ccccc2)N(c2ccccc2)C(c2ccccc2)=C1. The van der Waals surface area contributed by atoms with Gasteiger partial charge in [-0.25, -0.2) is 0 Å². The summed E-state index contributed by atoms with van der Waals surface area (Å²) in [5.41, 5.74) is 5.33. The number of allylic oxidation sites excluding steroid dienone is 2. The molecular formula is C24H18N2. The number of benzene rings is 3. The van der Waals surface area contributed by atoms with E-state index >= 15 is 0 Å². The summed E-state index contributed by atoms with van der Waals surface area (Å²) in [6.45, 7) is 0. The molecule has 3 aromatic rings. The van der Waals surface area contributed by atoms with Crippen molar-refractivity contribution in [1.29, 1.82) is 5.26 Å². The number of rotatable bonds is 3. The van der Waals surface area contributed by atoms with E-state index in [0.717, 1.165) is 28.2 Å². The Hall–Kier alpha value is -3.57. The fourth-order valence-electron chi connectivity index (χ4n) is 3.27. The second-order valence-electron chi connectivity index (χ2n) is 6.16. The van der Waals surface area contributed by atoms with Crippen LogP contribution < -0.4 is 4.90 Å². The Kier molecular flexibility index (Phi) is 4.37. The molecule has 1 aliphatic rings. The summed E-state index contributed by atoms with van der Waals surface area (Å²) in [7, 11) is 0. The van der Waals surface area contributed by atoms with Crippen molar-refractivity contribution in [3.63, 3.8) is 0 Å². The number of hydrogen-bond acceptors (Lipinski definition) is 2. The predicted octanol–water partition coefficient (Wildman–Crippen LogP) is 5.73. The number of para-hydroxylation sites is 1. The Morgan fingerprint density at radius 3 is 1.46 bits per heavy atom. The molecule has 0 atom stereocenters. The quantitative estimate of drug-likeness (QED) is 0.612. The second-order valence-corrected chi connectivity index (χ2v) is 6.16. The molecule has 0 radical (unpaired) electrons. The van der Waals surface area contributed by atoms with Crippen molar-refractivity contribution in [2.45, 2.75) is 0 Å². The molecule has 2 nitrogen and oxygen atoms in total. The maximum Gasteiger partial charge on any atom is 0.0870 e. The van der Waals surface area contributed by atoms with Gasteiger partial charge in [0.2, 0.25) is 0 Å². The van der Waals surface area contributed by atoms with Crippen molar-refractivity contribution in [3.05, 3.63) is 114 Å². The van der Waals surface area contributed by atoms with Crippen molar-refractivity contribution in [3.8, 4) is 6.07 Å². The molecular weight excluding hydrogens is 316 g/mol. The van der Waals surface area contributed by atoms with Crippen LogP contribution in [0.25, 0.3) is 11.4 Å². The zero-order valence-electron chi connectivity index (χ0n) is 14.3. The summed E-state index contributed by atoms with van der Waals surface area (Å²) < 4.78 is 0. The molecule has 0 aromatic heterocycles. The van der Waals surface area contributed by atoms with Gasteiger partial charge < -0.3 is 4.90 Å². The van der Waals surface area contributed by atoms with Gasteiger partial charge in [-0.15, -0.1) is 0 Å². The first kappa shape index (κ1) is 15.9. The minimum Gasteiger partial charge on any atom is -0.310 e. The molecule has 0 saturated carbocycles. The van der Waals surface area contributed by atoms with Crippen LogP contribution >= 0.6 is 0 Å². The molecule has 3 aromatic carbocycles. The lowest BCUT2D eigenvalue weighted by molar-refractivity contribution is 1.04. The Bertz CT molecular complexity index is 923. The molecule has 0 aliphatic carbocycles. The molecule has 1 aliphatic heterocycles. The molecule has 1 heterocycles. The fraction of sp³-hybridized carbons (Fsp3) is 0.0417. The Morgan fingerprint density at radius 2 is 1.04 bits per heavy atom. The van der Waals surface area contributed by atoms with Crippen molar-refractivity contribution >= 4 is 17.1 Å². The third-order valence-electron chi connectivity index (χ3n) is 4.46. The molecule has 0 spiro atoms. The van der Waals surface area contributed by atoms with Crippen LogP contribution in [0.5, 0.6) is 0 Å². The van der Waals surface area contributed by atoms with E-state index in [4.69, 9.17) is 0 Å². The van der Waals surface area contributed by atoms with Gasteiger partial charge in [0.25, 0.3) is 0 Å². The van der Waals surface area contributed by atoms with Gasteiger partial charge in [0.15, 0.2) is 0 Å². The van der Waals surface area contributed by atoms with Gasteiger partial charge in [0, 0.05) is 5.69 Å². The van der Waals surface area contributed by atoms with Gasteiger partial charge in [-0.2, -0.15) is 5.26 Å². The number of hydrogen-bond donors (Lipinski definition) is 0. The van der Waals surface area contributed by atoms with E-state index in [9.17, 15) is 5.26 Å². The highest BCUT2D eigenvalue weighted by atomic mass is 15.2. The zero-order valence-corrected chi connectivity index (χ0v) is 14.3. The highest BCUT2D eigenvalue weighted by Crippen LogP contribution is 2.39. The molecule has 26 heavy (non-hydrogen) atoms. The van der Waals surface area contributed by atoms with E-state index < -0.39 is 0 Å². The molecule has 0 unspecified atom stereocenters. The van der Waals surface area contributed by atoms with Crippen molar-refractivity contribution in [2.75, 3.05) is 4.90 Å². The minimum absolute atomic E-state index is 0.264. The van der Waals surface area contributed by atoms with Gasteiger partial charge in [-0.05, 0) is 35.4 Å². The number of nitrogens with zero attached hydrogens (tertiary/aromatic N) is 2. The van der Waals surface area contributed by atoms with E-state index in [1.165, 1.54) is 0 Å². The average molecular weight is 334 g/mol. The summed E-state index contributed by atoms with van der Waals surface area (Å²) in [6, 6.07) is 33.2. The first-order valence-electron chi connectivity index (χ1n) is 8.66. The predicted molar refractivity (Wildman–Crippen MR) is 107 cm³/mol. The van der Waals surface area contributed by atoms with Crippen molar-refractivity contribution in [2.24, 2.45) is 5.92 Å². The van der Waals surface area contributed by atoms with Gasteiger partial charge in [-0.1, -0.05) is 78.9 Å². The maximum atomic E-state index is 9.62. The second kappa shape index (κ2) is 7.13. The van der Waals surface area contributed by atoms with Crippen molar-refractivity contribution in [1.82, 2.24) is 0 Å². The molecule has 0 fully saturated rings. The molecule has 124 valence electrons. The van der Waals surface area contributed by atoms with E-state index in [2.05, 4.69) is 47.4 Å². The van der Waals surface area contributed by atoms with Crippen LogP contribution in [0.1, 0.15) is 11.1 Å². The topological polar surface area (TPSA) is 27.0 Å². The smallest absolute Gasteiger partial charge is 0.0870 e. The van der Waals surface area contributed by atoms with Crippen LogP contribution in [-0.4, -0.2) is 0 Å². The van der Waals surface area contributed by atoms with Gasteiger partial charge in [-0.3, -0.25) is 0 Å². The standard InChI is InChI=1S/C24H18N2/c25-18-19-16-23(20-10-4-1-5-11-20)26(22-14-8-3-9-15-22)24(17-19)21-12-6-2-7-13-21/h1-17,19H. The molecule has 4 rings (SSSR count). The molecule has 0 amide bonds. The minimum atomic E-state index is -0.264. The highest BCUT2D eigenvalue weighted by molar-refractivity contribution is 5.97. The van der Waals surface area contributed by atoms with Crippen LogP contribution in [0.2, 0.25) is 0 Å². The monoisotopic (exact) mass is 334 g/mol. The van der Waals surface area contributed by atoms with E-state index in [0.29, 0.717) is 0 Å². The zero-order chi connectivity index (χ0) is 17.8. The van der Waals surface area contributed by atoms with Gasteiger partial charge in [0.05, 0.1) is 23.4 Å². The fourth-order valence-corrected chi connectivity index (χ4v) is 3.27. The van der Waals surface area contributed by atoms with Gasteiger partial charge >= 0.3 is 0 Å². The number of nitriles is 1. The van der Waals surface area contributed by atoms with Crippen LogP contribution in [0, 0.1) is 17.2 Å². The maximum absolute atomic E-state index is 9.62. The number of anilines is 1.